The molecule has 4 unspecified atom stereocenters. The van der Waals surface area contributed by atoms with Crippen LogP contribution in [-0.2, 0) is 26.1 Å². The molecule has 0 aliphatic carbocycles. The molecule has 2 saturated heterocycles. The lowest BCUT2D eigenvalue weighted by Gasteiger charge is -2.44. The molecule has 3 heterocycles. The van der Waals surface area contributed by atoms with Crippen molar-refractivity contribution < 1.29 is 31.9 Å². The van der Waals surface area contributed by atoms with Crippen LogP contribution in [-0.4, -0.2) is 61.7 Å². The van der Waals surface area contributed by atoms with Crippen molar-refractivity contribution in [3.8, 4) is 17.5 Å². The lowest BCUT2D eigenvalue weighted by atomic mass is 9.80. The standard InChI is InChI=1S/C24H31N3O7S/c1-15-21(32-17-7-5-16(6-8-17)11-19-13-31-35(30)34-19)25-14-26-22(15)33-18-9-10-27(23(28)29)20(12-18)24(2,3)4/h5-8,14,18-20H,9-13H2,1-4H3,(H,28,29). The van der Waals surface area contributed by atoms with Crippen molar-refractivity contribution in [2.45, 2.75) is 65.2 Å². The van der Waals surface area contributed by atoms with Crippen molar-refractivity contribution in [2.75, 3.05) is 13.2 Å². The van der Waals surface area contributed by atoms with Crippen molar-refractivity contribution in [1.82, 2.24) is 14.9 Å². The molecule has 4 atom stereocenters. The molecular weight excluding hydrogens is 474 g/mol. The van der Waals surface area contributed by atoms with E-state index in [1.54, 1.807) is 0 Å². The molecule has 35 heavy (non-hydrogen) atoms. The number of carbonyl (C=O) groups is 1. The third-order valence-corrected chi connectivity index (χ3v) is 6.99. The van der Waals surface area contributed by atoms with E-state index >= 15 is 0 Å². The van der Waals surface area contributed by atoms with Crippen LogP contribution in [0.15, 0.2) is 30.6 Å². The van der Waals surface area contributed by atoms with Gasteiger partial charge in [-0.15, -0.1) is 0 Å². The first kappa shape index (κ1) is 25.3. The Balaban J connectivity index is 1.40. The van der Waals surface area contributed by atoms with E-state index in [2.05, 4.69) is 9.97 Å². The fraction of sp³-hybridized carbons (Fsp3) is 0.542. The van der Waals surface area contributed by atoms with Crippen molar-refractivity contribution >= 4 is 17.5 Å². The smallest absolute Gasteiger partial charge is 0.407 e. The number of rotatable bonds is 6. The number of likely N-dealkylation sites (tertiary alicyclic amines) is 1. The van der Waals surface area contributed by atoms with Crippen LogP contribution < -0.4 is 9.47 Å². The fourth-order valence-corrected chi connectivity index (χ4v) is 5.01. The number of carboxylic acid groups (broad SMARTS) is 1. The van der Waals surface area contributed by atoms with Crippen molar-refractivity contribution in [3.63, 3.8) is 0 Å². The molecule has 2 aromatic rings. The van der Waals surface area contributed by atoms with E-state index in [1.807, 2.05) is 52.0 Å². The number of nitrogens with zero attached hydrogens (tertiary/aromatic N) is 3. The van der Waals surface area contributed by atoms with Crippen LogP contribution in [0.1, 0.15) is 44.7 Å². The summed E-state index contributed by atoms with van der Waals surface area (Å²) in [4.78, 5) is 21.8. The summed E-state index contributed by atoms with van der Waals surface area (Å²) in [6.45, 7) is 8.68. The van der Waals surface area contributed by atoms with Crippen molar-refractivity contribution in [2.24, 2.45) is 5.41 Å². The molecule has 0 radical (unpaired) electrons. The molecule has 1 aromatic carbocycles. The minimum absolute atomic E-state index is 0.156. The summed E-state index contributed by atoms with van der Waals surface area (Å²) < 4.78 is 33.5. The van der Waals surface area contributed by atoms with Gasteiger partial charge in [0.25, 0.3) is 0 Å². The average molecular weight is 506 g/mol. The fourth-order valence-electron chi connectivity index (χ4n) is 4.35. The summed E-state index contributed by atoms with van der Waals surface area (Å²) in [6, 6.07) is 7.34. The normalized spacial score (nSPS) is 24.9. The number of piperidine rings is 1. The number of hydrogen-bond acceptors (Lipinski definition) is 8. The molecule has 0 spiro atoms. The zero-order valence-electron chi connectivity index (χ0n) is 20.3. The van der Waals surface area contributed by atoms with Crippen LogP contribution in [0.25, 0.3) is 0 Å². The van der Waals surface area contributed by atoms with Gasteiger partial charge in [-0.25, -0.2) is 14.8 Å². The highest BCUT2D eigenvalue weighted by atomic mass is 32.2. The maximum Gasteiger partial charge on any atom is 0.407 e. The van der Waals surface area contributed by atoms with Crippen LogP contribution in [0.5, 0.6) is 17.5 Å². The zero-order chi connectivity index (χ0) is 25.2. The molecule has 2 fully saturated rings. The molecule has 11 heteroatoms. The van der Waals surface area contributed by atoms with E-state index in [4.69, 9.17) is 17.8 Å². The Morgan fingerprint density at radius 3 is 2.57 bits per heavy atom. The van der Waals surface area contributed by atoms with Gasteiger partial charge in [-0.3, -0.25) is 8.37 Å². The molecule has 190 valence electrons. The molecule has 10 nitrogen and oxygen atoms in total. The van der Waals surface area contributed by atoms with Gasteiger partial charge in [-0.2, -0.15) is 4.21 Å². The van der Waals surface area contributed by atoms with E-state index < -0.39 is 17.5 Å². The SMILES string of the molecule is Cc1c(Oc2ccc(CC3COS(=O)O3)cc2)ncnc1OC1CCN(C(=O)O)C(C(C)(C)C)C1. The minimum atomic E-state index is -1.66. The summed E-state index contributed by atoms with van der Waals surface area (Å²) in [5.41, 5.74) is 1.47. The largest absolute Gasteiger partial charge is 0.474 e. The Bertz CT molecular complexity index is 1070. The second-order valence-electron chi connectivity index (χ2n) is 9.89. The highest BCUT2D eigenvalue weighted by molar-refractivity contribution is 7.75. The number of ether oxygens (including phenoxy) is 2. The average Bonchev–Trinajstić information content (AvgIpc) is 3.21. The number of aromatic nitrogens is 2. The minimum Gasteiger partial charge on any atom is -0.474 e. The van der Waals surface area contributed by atoms with E-state index in [0.29, 0.717) is 55.5 Å². The molecular formula is C24H31N3O7S. The number of amides is 1. The van der Waals surface area contributed by atoms with E-state index in [-0.39, 0.29) is 23.7 Å². The predicted molar refractivity (Wildman–Crippen MR) is 128 cm³/mol. The third-order valence-electron chi connectivity index (χ3n) is 6.24. The Kier molecular flexibility index (Phi) is 7.58. The van der Waals surface area contributed by atoms with E-state index in [1.165, 1.54) is 11.2 Å². The summed E-state index contributed by atoms with van der Waals surface area (Å²) in [6.07, 6.45) is 1.87. The molecule has 1 aromatic heterocycles. The van der Waals surface area contributed by atoms with Gasteiger partial charge in [0.2, 0.25) is 11.8 Å². The van der Waals surface area contributed by atoms with Gasteiger partial charge in [0.1, 0.15) is 24.3 Å². The maximum atomic E-state index is 11.7. The van der Waals surface area contributed by atoms with Gasteiger partial charge < -0.3 is 19.5 Å². The van der Waals surface area contributed by atoms with Gasteiger partial charge >= 0.3 is 17.5 Å². The third kappa shape index (κ3) is 6.28. The van der Waals surface area contributed by atoms with Crippen LogP contribution >= 0.6 is 0 Å². The van der Waals surface area contributed by atoms with Gasteiger partial charge in [-0.05, 0) is 30.0 Å². The van der Waals surface area contributed by atoms with Crippen LogP contribution in [0, 0.1) is 12.3 Å². The monoisotopic (exact) mass is 505 g/mol. The molecule has 2 aliphatic rings. The zero-order valence-corrected chi connectivity index (χ0v) is 21.1. The maximum absolute atomic E-state index is 11.7. The number of benzene rings is 1. The second-order valence-corrected chi connectivity index (χ2v) is 10.7. The van der Waals surface area contributed by atoms with Crippen LogP contribution in [0.2, 0.25) is 0 Å². The lowest BCUT2D eigenvalue weighted by Crippen LogP contribution is -2.53. The molecule has 1 N–H and O–H groups in total. The Labute approximate surface area is 207 Å². The topological polar surface area (TPSA) is 120 Å². The Morgan fingerprint density at radius 2 is 1.94 bits per heavy atom. The first-order chi connectivity index (χ1) is 16.6. The molecule has 4 rings (SSSR count). The highest BCUT2D eigenvalue weighted by Crippen LogP contribution is 2.35. The summed E-state index contributed by atoms with van der Waals surface area (Å²) in [7, 11) is 0. The Morgan fingerprint density at radius 1 is 1.23 bits per heavy atom. The molecule has 1 amide bonds. The lowest BCUT2D eigenvalue weighted by molar-refractivity contribution is 0.0113. The molecule has 2 aliphatic heterocycles. The second kappa shape index (κ2) is 10.5. The highest BCUT2D eigenvalue weighted by Gasteiger charge is 2.39. The van der Waals surface area contributed by atoms with Crippen LogP contribution in [0.3, 0.4) is 0 Å². The van der Waals surface area contributed by atoms with Gasteiger partial charge in [0.15, 0.2) is 0 Å². The van der Waals surface area contributed by atoms with Crippen LogP contribution in [0.4, 0.5) is 4.79 Å². The first-order valence-electron chi connectivity index (χ1n) is 11.6. The van der Waals surface area contributed by atoms with Gasteiger partial charge in [-0.1, -0.05) is 32.9 Å². The van der Waals surface area contributed by atoms with E-state index in [9.17, 15) is 14.1 Å². The molecule has 0 bridgehead atoms. The van der Waals surface area contributed by atoms with Gasteiger partial charge in [0, 0.05) is 31.8 Å². The van der Waals surface area contributed by atoms with Crippen molar-refractivity contribution in [3.05, 3.63) is 41.7 Å². The quantitative estimate of drug-likeness (QED) is 0.620. The van der Waals surface area contributed by atoms with E-state index in [0.717, 1.165) is 5.56 Å². The summed E-state index contributed by atoms with van der Waals surface area (Å²) in [5, 5.41) is 9.59. The summed E-state index contributed by atoms with van der Waals surface area (Å²) >= 11 is -1.66. The molecule has 0 saturated carbocycles. The first-order valence-corrected chi connectivity index (χ1v) is 12.6. The van der Waals surface area contributed by atoms with Gasteiger partial charge in [0.05, 0.1) is 12.2 Å². The number of hydrogen-bond donors (Lipinski definition) is 1. The Hall–Kier alpha value is -2.76. The predicted octanol–water partition coefficient (Wildman–Crippen LogP) is 4.05. The van der Waals surface area contributed by atoms with Crippen molar-refractivity contribution in [1.29, 1.82) is 0 Å². The summed E-state index contributed by atoms with van der Waals surface area (Å²) in [5.74, 6) is 1.43.